The van der Waals surface area contributed by atoms with Gasteiger partial charge in [-0.2, -0.15) is 0 Å². The Bertz CT molecular complexity index is 581. The summed E-state index contributed by atoms with van der Waals surface area (Å²) in [6.07, 6.45) is 0. The van der Waals surface area contributed by atoms with Gasteiger partial charge in [-0.15, -0.1) is 0 Å². The van der Waals surface area contributed by atoms with E-state index in [1.807, 2.05) is 13.0 Å². The van der Waals surface area contributed by atoms with Gasteiger partial charge in [-0.1, -0.05) is 5.16 Å². The van der Waals surface area contributed by atoms with Crippen molar-refractivity contribution in [3.8, 4) is 22.8 Å². The Morgan fingerprint density at radius 1 is 1.22 bits per heavy atom. The van der Waals surface area contributed by atoms with Crippen LogP contribution in [0.2, 0.25) is 0 Å². The van der Waals surface area contributed by atoms with Gasteiger partial charge in [0.25, 0.3) is 0 Å². The van der Waals surface area contributed by atoms with Gasteiger partial charge < -0.3 is 19.7 Å². The first-order valence-corrected chi connectivity index (χ1v) is 6.01. The lowest BCUT2D eigenvalue weighted by Crippen LogP contribution is -1.96. The summed E-state index contributed by atoms with van der Waals surface area (Å²) in [5.74, 6) is 2.23. The summed E-state index contributed by atoms with van der Waals surface area (Å²) in [7, 11) is 3.18. The molecule has 5 nitrogen and oxygen atoms in total. The molecule has 0 aliphatic heterocycles. The topological polar surface area (TPSA) is 70.5 Å². The van der Waals surface area contributed by atoms with Crippen molar-refractivity contribution in [2.24, 2.45) is 0 Å². The van der Waals surface area contributed by atoms with Crippen molar-refractivity contribution < 1.29 is 14.0 Å². The van der Waals surface area contributed by atoms with Crippen LogP contribution in [0.25, 0.3) is 11.3 Å². The standard InChI is InChI=1S/C12H13BrN2O3/c1-6-7(9-5-10(14)15-18-9)4-8(13)12(17-3)11(6)16-2/h4-5H,1-3H3,(H2,14,15). The molecule has 1 aromatic heterocycles. The molecule has 0 unspecified atom stereocenters. The van der Waals surface area contributed by atoms with Gasteiger partial charge in [0.15, 0.2) is 23.1 Å². The van der Waals surface area contributed by atoms with E-state index in [4.69, 9.17) is 19.7 Å². The van der Waals surface area contributed by atoms with Crippen LogP contribution in [-0.4, -0.2) is 19.4 Å². The fraction of sp³-hybridized carbons (Fsp3) is 0.250. The highest BCUT2D eigenvalue weighted by atomic mass is 79.9. The number of nitrogens with two attached hydrogens (primary N) is 1. The monoisotopic (exact) mass is 312 g/mol. The molecule has 0 aliphatic rings. The summed E-state index contributed by atoms with van der Waals surface area (Å²) >= 11 is 3.44. The Balaban J connectivity index is 2.66. The largest absolute Gasteiger partial charge is 0.493 e. The number of benzene rings is 1. The van der Waals surface area contributed by atoms with Gasteiger partial charge in [-0.3, -0.25) is 0 Å². The first-order valence-electron chi connectivity index (χ1n) is 5.22. The summed E-state index contributed by atoms with van der Waals surface area (Å²) in [5.41, 5.74) is 7.31. The Labute approximate surface area is 113 Å². The molecule has 0 radical (unpaired) electrons. The smallest absolute Gasteiger partial charge is 0.175 e. The second-order valence-electron chi connectivity index (χ2n) is 3.71. The Morgan fingerprint density at radius 2 is 1.89 bits per heavy atom. The first kappa shape index (κ1) is 12.8. The number of methoxy groups -OCH3 is 2. The fourth-order valence-corrected chi connectivity index (χ4v) is 2.38. The maximum absolute atomic E-state index is 5.56. The minimum Gasteiger partial charge on any atom is -0.493 e. The zero-order valence-corrected chi connectivity index (χ0v) is 11.9. The van der Waals surface area contributed by atoms with Crippen LogP contribution >= 0.6 is 15.9 Å². The maximum Gasteiger partial charge on any atom is 0.175 e. The van der Waals surface area contributed by atoms with Crippen LogP contribution in [0.3, 0.4) is 0 Å². The van der Waals surface area contributed by atoms with Crippen molar-refractivity contribution >= 4 is 21.7 Å². The molecular weight excluding hydrogens is 300 g/mol. The molecule has 0 aliphatic carbocycles. The third-order valence-corrected chi connectivity index (χ3v) is 3.23. The highest BCUT2D eigenvalue weighted by Gasteiger charge is 2.18. The van der Waals surface area contributed by atoms with Crippen molar-refractivity contribution in [1.82, 2.24) is 5.16 Å². The average Bonchev–Trinajstić information content (AvgIpc) is 2.77. The quantitative estimate of drug-likeness (QED) is 0.943. The predicted octanol–water partition coefficient (Wildman–Crippen LogP) is 3.01. The lowest BCUT2D eigenvalue weighted by Gasteiger charge is -2.14. The second kappa shape index (κ2) is 4.89. The van der Waals surface area contributed by atoms with E-state index in [-0.39, 0.29) is 0 Å². The van der Waals surface area contributed by atoms with Crippen molar-refractivity contribution in [3.05, 3.63) is 22.2 Å². The minimum absolute atomic E-state index is 0.343. The molecule has 1 aromatic carbocycles. The molecule has 0 bridgehead atoms. The summed E-state index contributed by atoms with van der Waals surface area (Å²) in [6.45, 7) is 1.92. The number of nitrogen functional groups attached to an aromatic ring is 1. The second-order valence-corrected chi connectivity index (χ2v) is 4.57. The van der Waals surface area contributed by atoms with Gasteiger partial charge in [-0.25, -0.2) is 0 Å². The third-order valence-electron chi connectivity index (χ3n) is 2.64. The number of ether oxygens (including phenoxy) is 2. The lowest BCUT2D eigenvalue weighted by atomic mass is 10.0. The van der Waals surface area contributed by atoms with E-state index < -0.39 is 0 Å². The van der Waals surface area contributed by atoms with Crippen molar-refractivity contribution in [1.29, 1.82) is 0 Å². The molecule has 2 rings (SSSR count). The molecule has 1 heterocycles. The van der Waals surface area contributed by atoms with E-state index in [9.17, 15) is 0 Å². The Kier molecular flexibility index (Phi) is 3.47. The van der Waals surface area contributed by atoms with Crippen LogP contribution in [0.15, 0.2) is 21.1 Å². The van der Waals surface area contributed by atoms with E-state index in [1.54, 1.807) is 20.3 Å². The Hall–Kier alpha value is -1.69. The normalized spacial score (nSPS) is 10.4. The van der Waals surface area contributed by atoms with Gasteiger partial charge >= 0.3 is 0 Å². The van der Waals surface area contributed by atoms with Crippen LogP contribution < -0.4 is 15.2 Å². The van der Waals surface area contributed by atoms with Crippen LogP contribution in [0.1, 0.15) is 5.56 Å². The van der Waals surface area contributed by atoms with Crippen LogP contribution in [0.4, 0.5) is 5.82 Å². The SMILES string of the molecule is COc1c(Br)cc(-c2cc(N)no2)c(C)c1OC. The van der Waals surface area contributed by atoms with E-state index in [0.29, 0.717) is 23.1 Å². The Morgan fingerprint density at radius 3 is 2.39 bits per heavy atom. The van der Waals surface area contributed by atoms with Gasteiger partial charge in [0.1, 0.15) is 0 Å². The number of halogens is 1. The minimum atomic E-state index is 0.343. The van der Waals surface area contributed by atoms with E-state index in [0.717, 1.165) is 15.6 Å². The molecule has 0 saturated heterocycles. The third kappa shape index (κ3) is 2.03. The van der Waals surface area contributed by atoms with Crippen molar-refractivity contribution in [2.45, 2.75) is 6.92 Å². The zero-order chi connectivity index (χ0) is 13.3. The molecule has 0 saturated carbocycles. The fourth-order valence-electron chi connectivity index (χ4n) is 1.81. The number of hydrogen-bond acceptors (Lipinski definition) is 5. The molecule has 0 amide bonds. The number of nitrogens with zero attached hydrogens (tertiary/aromatic N) is 1. The highest BCUT2D eigenvalue weighted by Crippen LogP contribution is 2.43. The van der Waals surface area contributed by atoms with E-state index >= 15 is 0 Å². The number of hydrogen-bond donors (Lipinski definition) is 1. The summed E-state index contributed by atoms with van der Waals surface area (Å²) in [4.78, 5) is 0. The predicted molar refractivity (Wildman–Crippen MR) is 71.9 cm³/mol. The summed E-state index contributed by atoms with van der Waals surface area (Å²) < 4.78 is 16.6. The molecule has 2 aromatic rings. The van der Waals surface area contributed by atoms with Gasteiger partial charge in [-0.05, 0) is 28.9 Å². The molecule has 0 fully saturated rings. The molecule has 96 valence electrons. The van der Waals surface area contributed by atoms with Gasteiger partial charge in [0.05, 0.1) is 18.7 Å². The summed E-state index contributed by atoms with van der Waals surface area (Å²) in [5, 5.41) is 3.68. The van der Waals surface area contributed by atoms with Gasteiger partial charge in [0.2, 0.25) is 0 Å². The van der Waals surface area contributed by atoms with E-state index in [2.05, 4.69) is 21.1 Å². The molecule has 0 spiro atoms. The highest BCUT2D eigenvalue weighted by molar-refractivity contribution is 9.10. The molecule has 0 atom stereocenters. The van der Waals surface area contributed by atoms with Crippen molar-refractivity contribution in [2.75, 3.05) is 20.0 Å². The molecule has 2 N–H and O–H groups in total. The number of rotatable bonds is 3. The average molecular weight is 313 g/mol. The van der Waals surface area contributed by atoms with Gasteiger partial charge in [0, 0.05) is 17.2 Å². The van der Waals surface area contributed by atoms with Crippen LogP contribution in [0.5, 0.6) is 11.5 Å². The number of anilines is 1. The van der Waals surface area contributed by atoms with Crippen LogP contribution in [0, 0.1) is 6.92 Å². The maximum atomic E-state index is 5.56. The lowest BCUT2D eigenvalue weighted by molar-refractivity contribution is 0.351. The van der Waals surface area contributed by atoms with Crippen LogP contribution in [-0.2, 0) is 0 Å². The number of aromatic nitrogens is 1. The molecule has 6 heteroatoms. The molecule has 18 heavy (non-hydrogen) atoms. The first-order chi connectivity index (χ1) is 8.58. The molecular formula is C12H13BrN2O3. The zero-order valence-electron chi connectivity index (χ0n) is 10.3. The van der Waals surface area contributed by atoms with E-state index in [1.165, 1.54) is 0 Å². The summed E-state index contributed by atoms with van der Waals surface area (Å²) in [6, 6.07) is 3.55. The van der Waals surface area contributed by atoms with Crippen molar-refractivity contribution in [3.63, 3.8) is 0 Å².